The van der Waals surface area contributed by atoms with E-state index in [-0.39, 0.29) is 21.1 Å². The van der Waals surface area contributed by atoms with Crippen molar-refractivity contribution in [2.24, 2.45) is 0 Å². The summed E-state index contributed by atoms with van der Waals surface area (Å²) < 4.78 is 33.6. The predicted octanol–water partition coefficient (Wildman–Crippen LogP) is 3.04. The smallest absolute Gasteiger partial charge is 0.212 e. The van der Waals surface area contributed by atoms with Crippen LogP contribution in [-0.4, -0.2) is 36.7 Å². The van der Waals surface area contributed by atoms with Crippen molar-refractivity contribution in [2.45, 2.75) is 22.8 Å². The largest absolute Gasteiger partial charge is 0.385 e. The molecule has 2 aromatic carbocycles. The summed E-state index contributed by atoms with van der Waals surface area (Å²) in [7, 11) is -2.23. The molecule has 4 aromatic rings. The van der Waals surface area contributed by atoms with Crippen LogP contribution in [0.1, 0.15) is 6.42 Å². The monoisotopic (exact) mass is 396 g/mol. The van der Waals surface area contributed by atoms with Gasteiger partial charge in [-0.3, -0.25) is 0 Å². The molecule has 0 radical (unpaired) electrons. The first kappa shape index (κ1) is 18.4. The van der Waals surface area contributed by atoms with Crippen LogP contribution < -0.4 is 5.73 Å². The molecule has 2 heterocycles. The lowest BCUT2D eigenvalue weighted by atomic mass is 10.3. The van der Waals surface area contributed by atoms with E-state index >= 15 is 0 Å². The molecule has 8 heteroatoms. The molecule has 4 rings (SSSR count). The van der Waals surface area contributed by atoms with Gasteiger partial charge in [-0.15, -0.1) is 0 Å². The maximum absolute atomic E-state index is 13.4. The van der Waals surface area contributed by atoms with Gasteiger partial charge in [-0.25, -0.2) is 18.4 Å². The van der Waals surface area contributed by atoms with Gasteiger partial charge in [0.05, 0.1) is 15.9 Å². The number of anilines is 1. The fourth-order valence-electron chi connectivity index (χ4n) is 3.27. The lowest BCUT2D eigenvalue weighted by molar-refractivity contribution is 0.191. The Balaban J connectivity index is 2.02. The highest BCUT2D eigenvalue weighted by Gasteiger charge is 2.29. The number of para-hydroxylation sites is 2. The number of nitrogens with two attached hydrogens (primary N) is 1. The van der Waals surface area contributed by atoms with E-state index in [9.17, 15) is 8.42 Å². The van der Waals surface area contributed by atoms with Crippen molar-refractivity contribution in [3.63, 3.8) is 0 Å². The van der Waals surface area contributed by atoms with Crippen LogP contribution >= 0.6 is 0 Å². The third kappa shape index (κ3) is 3.00. The number of aromatic nitrogens is 3. The van der Waals surface area contributed by atoms with E-state index in [0.717, 1.165) is 0 Å². The molecular formula is C20H20N4O3S. The second kappa shape index (κ2) is 7.21. The normalized spacial score (nSPS) is 12.0. The van der Waals surface area contributed by atoms with Crippen LogP contribution in [0.2, 0.25) is 0 Å². The van der Waals surface area contributed by atoms with Crippen LogP contribution in [0, 0.1) is 0 Å². The fraction of sp³-hybridized carbons (Fsp3) is 0.200. The maximum Gasteiger partial charge on any atom is 0.212 e. The number of methoxy groups -OCH3 is 1. The SMILES string of the molecule is COCCCn1c(N)c(S(=O)(=O)c2ccccc2)c2nc3ccccc3nc21. The number of aryl methyl sites for hydroxylation is 1. The summed E-state index contributed by atoms with van der Waals surface area (Å²) in [5.41, 5.74) is 8.40. The van der Waals surface area contributed by atoms with Gasteiger partial charge in [-0.1, -0.05) is 30.3 Å². The zero-order valence-corrected chi connectivity index (χ0v) is 16.2. The summed E-state index contributed by atoms with van der Waals surface area (Å²) in [5, 5.41) is 0. The highest BCUT2D eigenvalue weighted by Crippen LogP contribution is 2.35. The lowest BCUT2D eigenvalue weighted by Gasteiger charge is -2.08. The number of fused-ring (bicyclic) bond motifs is 2. The van der Waals surface area contributed by atoms with E-state index in [1.807, 2.05) is 18.2 Å². The summed E-state index contributed by atoms with van der Waals surface area (Å²) in [4.78, 5) is 9.44. The Morgan fingerprint density at radius 2 is 1.64 bits per heavy atom. The topological polar surface area (TPSA) is 100 Å². The molecule has 0 aliphatic rings. The quantitative estimate of drug-likeness (QED) is 0.503. The molecule has 144 valence electrons. The minimum atomic E-state index is -3.85. The van der Waals surface area contributed by atoms with Gasteiger partial charge in [0.2, 0.25) is 9.84 Å². The van der Waals surface area contributed by atoms with Crippen LogP contribution in [0.3, 0.4) is 0 Å². The second-order valence-corrected chi connectivity index (χ2v) is 8.30. The Labute approximate surface area is 162 Å². The Hall–Kier alpha value is -2.97. The summed E-state index contributed by atoms with van der Waals surface area (Å²) in [6.07, 6.45) is 0.670. The minimum absolute atomic E-state index is 0.00405. The highest BCUT2D eigenvalue weighted by atomic mass is 32.2. The molecule has 0 atom stereocenters. The Morgan fingerprint density at radius 3 is 2.32 bits per heavy atom. The molecule has 0 unspecified atom stereocenters. The molecule has 0 aliphatic heterocycles. The van der Waals surface area contributed by atoms with Crippen molar-refractivity contribution in [3.05, 3.63) is 54.6 Å². The van der Waals surface area contributed by atoms with Crippen LogP contribution in [0.25, 0.3) is 22.2 Å². The van der Waals surface area contributed by atoms with Gasteiger partial charge < -0.3 is 15.0 Å². The van der Waals surface area contributed by atoms with Crippen molar-refractivity contribution in [1.82, 2.24) is 14.5 Å². The number of nitrogens with zero attached hydrogens (tertiary/aromatic N) is 3. The number of sulfone groups is 1. The first-order valence-electron chi connectivity index (χ1n) is 8.87. The first-order chi connectivity index (χ1) is 13.5. The van der Waals surface area contributed by atoms with E-state index in [0.29, 0.717) is 36.3 Å². The summed E-state index contributed by atoms with van der Waals surface area (Å²) >= 11 is 0. The molecule has 0 bridgehead atoms. The van der Waals surface area contributed by atoms with Gasteiger partial charge in [-0.05, 0) is 30.7 Å². The molecule has 2 N–H and O–H groups in total. The first-order valence-corrected chi connectivity index (χ1v) is 10.4. The van der Waals surface area contributed by atoms with E-state index in [2.05, 4.69) is 9.97 Å². The van der Waals surface area contributed by atoms with Gasteiger partial charge in [0.1, 0.15) is 16.2 Å². The average molecular weight is 396 g/mol. The van der Waals surface area contributed by atoms with Gasteiger partial charge in [-0.2, -0.15) is 0 Å². The van der Waals surface area contributed by atoms with Gasteiger partial charge in [0.25, 0.3) is 0 Å². The van der Waals surface area contributed by atoms with Gasteiger partial charge >= 0.3 is 0 Å². The van der Waals surface area contributed by atoms with Gasteiger partial charge in [0, 0.05) is 20.3 Å². The van der Waals surface area contributed by atoms with E-state index < -0.39 is 9.84 Å². The molecule has 7 nitrogen and oxygen atoms in total. The molecule has 0 amide bonds. The summed E-state index contributed by atoms with van der Waals surface area (Å²) in [5.74, 6) is 0.144. The molecule has 0 fully saturated rings. The number of ether oxygens (including phenoxy) is 1. The summed E-state index contributed by atoms with van der Waals surface area (Å²) in [6.45, 7) is 1.01. The Morgan fingerprint density at radius 1 is 1.00 bits per heavy atom. The minimum Gasteiger partial charge on any atom is -0.385 e. The van der Waals surface area contributed by atoms with Crippen LogP contribution in [-0.2, 0) is 21.1 Å². The number of benzene rings is 2. The average Bonchev–Trinajstić information content (AvgIpc) is 2.98. The van der Waals surface area contributed by atoms with Crippen LogP contribution in [0.15, 0.2) is 64.4 Å². The van der Waals surface area contributed by atoms with Crippen molar-refractivity contribution in [1.29, 1.82) is 0 Å². The van der Waals surface area contributed by atoms with Crippen molar-refractivity contribution < 1.29 is 13.2 Å². The zero-order valence-electron chi connectivity index (χ0n) is 15.4. The molecule has 0 saturated carbocycles. The van der Waals surface area contributed by atoms with E-state index in [1.54, 1.807) is 48.1 Å². The standard InChI is InChI=1S/C20H20N4O3S/c1-27-13-7-12-24-19(21)18(28(25,26)14-8-3-2-4-9-14)17-20(24)23-16-11-6-5-10-15(16)22-17/h2-6,8-11H,7,12-13,21H2,1H3. The van der Waals surface area contributed by atoms with Crippen molar-refractivity contribution in [2.75, 3.05) is 19.5 Å². The Bertz CT molecular complexity index is 1250. The predicted molar refractivity (Wildman–Crippen MR) is 108 cm³/mol. The number of rotatable bonds is 6. The molecule has 0 saturated heterocycles. The Kier molecular flexibility index (Phi) is 4.74. The second-order valence-electron chi connectivity index (χ2n) is 6.41. The molecule has 28 heavy (non-hydrogen) atoms. The molecule has 2 aromatic heterocycles. The molecule has 0 spiro atoms. The van der Waals surface area contributed by atoms with E-state index in [1.165, 1.54) is 0 Å². The highest BCUT2D eigenvalue weighted by molar-refractivity contribution is 7.92. The molecule has 0 aliphatic carbocycles. The van der Waals surface area contributed by atoms with Crippen molar-refractivity contribution in [3.8, 4) is 0 Å². The number of hydrogen-bond acceptors (Lipinski definition) is 6. The third-order valence-corrected chi connectivity index (χ3v) is 6.43. The van der Waals surface area contributed by atoms with E-state index in [4.69, 9.17) is 10.5 Å². The van der Waals surface area contributed by atoms with Crippen LogP contribution in [0.4, 0.5) is 5.82 Å². The summed E-state index contributed by atoms with van der Waals surface area (Å²) in [6, 6.07) is 15.6. The molecular weight excluding hydrogens is 376 g/mol. The number of nitrogen functional groups attached to an aromatic ring is 1. The van der Waals surface area contributed by atoms with Gasteiger partial charge in [0.15, 0.2) is 5.65 Å². The maximum atomic E-state index is 13.4. The zero-order chi connectivity index (χ0) is 19.7. The third-order valence-electron chi connectivity index (χ3n) is 4.60. The lowest BCUT2D eigenvalue weighted by Crippen LogP contribution is -2.09. The fourth-order valence-corrected chi connectivity index (χ4v) is 4.79. The van der Waals surface area contributed by atoms with Crippen LogP contribution in [0.5, 0.6) is 0 Å². The van der Waals surface area contributed by atoms with Crippen molar-refractivity contribution >= 4 is 37.9 Å². The number of hydrogen-bond donors (Lipinski definition) is 1.